The van der Waals surface area contributed by atoms with E-state index in [9.17, 15) is 9.59 Å². The third-order valence-corrected chi connectivity index (χ3v) is 4.80. The fraction of sp³-hybridized carbons (Fsp3) is 0.333. The molecule has 1 fully saturated rings. The van der Waals surface area contributed by atoms with Crippen molar-refractivity contribution in [1.82, 2.24) is 5.32 Å². The van der Waals surface area contributed by atoms with Crippen LogP contribution >= 0.6 is 0 Å². The van der Waals surface area contributed by atoms with Crippen molar-refractivity contribution in [3.63, 3.8) is 0 Å². The summed E-state index contributed by atoms with van der Waals surface area (Å²) in [4.78, 5) is 23.8. The normalized spacial score (nSPS) is 15.0. The first-order valence-corrected chi connectivity index (χ1v) is 8.89. The van der Waals surface area contributed by atoms with E-state index in [0.717, 1.165) is 23.3 Å². The molecule has 0 spiro atoms. The molecule has 1 saturated carbocycles. The van der Waals surface area contributed by atoms with Crippen molar-refractivity contribution in [2.75, 3.05) is 6.61 Å². The van der Waals surface area contributed by atoms with E-state index in [4.69, 9.17) is 9.84 Å². The molecule has 2 aromatic rings. The van der Waals surface area contributed by atoms with Gasteiger partial charge in [-0.3, -0.25) is 9.59 Å². The van der Waals surface area contributed by atoms with Gasteiger partial charge in [0.05, 0.1) is 18.6 Å². The van der Waals surface area contributed by atoms with Gasteiger partial charge in [-0.15, -0.1) is 0 Å². The highest BCUT2D eigenvalue weighted by atomic mass is 16.5. The number of aliphatic carboxylic acids is 1. The van der Waals surface area contributed by atoms with Crippen LogP contribution in [-0.4, -0.2) is 29.1 Å². The monoisotopic (exact) mass is 353 g/mol. The molecule has 1 amide bonds. The van der Waals surface area contributed by atoms with Crippen molar-refractivity contribution >= 4 is 11.9 Å². The van der Waals surface area contributed by atoms with Crippen LogP contribution in [0.15, 0.2) is 48.5 Å². The lowest BCUT2D eigenvalue weighted by Crippen LogP contribution is -2.54. The topological polar surface area (TPSA) is 75.6 Å². The van der Waals surface area contributed by atoms with E-state index in [1.165, 1.54) is 0 Å². The molecule has 1 aliphatic carbocycles. The second kappa shape index (κ2) is 7.60. The van der Waals surface area contributed by atoms with Crippen LogP contribution in [0.2, 0.25) is 0 Å². The Morgan fingerprint density at radius 1 is 1.15 bits per heavy atom. The van der Waals surface area contributed by atoms with Gasteiger partial charge in [0.25, 0.3) is 5.91 Å². The highest BCUT2D eigenvalue weighted by Gasteiger charge is 2.40. The SMILES string of the molecule is CCOc1ccccc1-c1cccc(C(=O)NC2(CC(=O)O)CCC2)c1. The molecule has 3 rings (SSSR count). The van der Waals surface area contributed by atoms with Gasteiger partial charge in [0.1, 0.15) is 5.75 Å². The van der Waals surface area contributed by atoms with Gasteiger partial charge in [0.2, 0.25) is 0 Å². The maximum absolute atomic E-state index is 12.7. The number of hydrogen-bond donors (Lipinski definition) is 2. The van der Waals surface area contributed by atoms with Gasteiger partial charge in [-0.05, 0) is 49.9 Å². The molecule has 5 heteroatoms. The number of ether oxygens (including phenoxy) is 1. The minimum atomic E-state index is -0.885. The number of amides is 1. The summed E-state index contributed by atoms with van der Waals surface area (Å²) in [7, 11) is 0. The fourth-order valence-electron chi connectivity index (χ4n) is 3.37. The fourth-order valence-corrected chi connectivity index (χ4v) is 3.37. The highest BCUT2D eigenvalue weighted by molar-refractivity contribution is 5.96. The average Bonchev–Trinajstić information content (AvgIpc) is 2.60. The Labute approximate surface area is 153 Å². The largest absolute Gasteiger partial charge is 0.493 e. The molecule has 136 valence electrons. The Morgan fingerprint density at radius 2 is 1.92 bits per heavy atom. The molecule has 0 saturated heterocycles. The van der Waals surface area contributed by atoms with E-state index in [-0.39, 0.29) is 12.3 Å². The molecule has 0 aromatic heterocycles. The lowest BCUT2D eigenvalue weighted by atomic mass is 9.74. The van der Waals surface area contributed by atoms with Gasteiger partial charge in [0, 0.05) is 11.1 Å². The van der Waals surface area contributed by atoms with E-state index < -0.39 is 11.5 Å². The van der Waals surface area contributed by atoms with Gasteiger partial charge in [-0.25, -0.2) is 0 Å². The molecule has 0 atom stereocenters. The second-order valence-electron chi connectivity index (χ2n) is 6.67. The van der Waals surface area contributed by atoms with Crippen LogP contribution in [0.3, 0.4) is 0 Å². The summed E-state index contributed by atoms with van der Waals surface area (Å²) in [6.45, 7) is 2.50. The summed E-state index contributed by atoms with van der Waals surface area (Å²) in [5, 5.41) is 12.1. The maximum Gasteiger partial charge on any atom is 0.305 e. The van der Waals surface area contributed by atoms with E-state index in [2.05, 4.69) is 5.32 Å². The standard InChI is InChI=1S/C21H23NO4/c1-2-26-18-10-4-3-9-17(18)15-7-5-8-16(13-15)20(25)22-21(11-6-12-21)14-19(23)24/h3-5,7-10,13H,2,6,11-12,14H2,1H3,(H,22,25)(H,23,24). The predicted molar refractivity (Wildman–Crippen MR) is 99.3 cm³/mol. The third-order valence-electron chi connectivity index (χ3n) is 4.80. The molecule has 2 N–H and O–H groups in total. The second-order valence-corrected chi connectivity index (χ2v) is 6.67. The molecule has 26 heavy (non-hydrogen) atoms. The van der Waals surface area contributed by atoms with Crippen molar-refractivity contribution in [3.8, 4) is 16.9 Å². The number of nitrogens with one attached hydrogen (secondary N) is 1. The Bertz CT molecular complexity index is 811. The zero-order chi connectivity index (χ0) is 18.6. The van der Waals surface area contributed by atoms with Crippen LogP contribution in [0, 0.1) is 0 Å². The summed E-state index contributed by atoms with van der Waals surface area (Å²) in [6, 6.07) is 15.0. The molecule has 5 nitrogen and oxygen atoms in total. The molecule has 0 aliphatic heterocycles. The number of carboxylic acid groups (broad SMARTS) is 1. The van der Waals surface area contributed by atoms with E-state index in [0.29, 0.717) is 25.0 Å². The van der Waals surface area contributed by atoms with Crippen LogP contribution in [-0.2, 0) is 4.79 Å². The maximum atomic E-state index is 12.7. The van der Waals surface area contributed by atoms with Crippen molar-refractivity contribution in [2.45, 2.75) is 38.1 Å². The average molecular weight is 353 g/mol. The first kappa shape index (κ1) is 18.0. The molecule has 0 bridgehead atoms. The van der Waals surface area contributed by atoms with Gasteiger partial charge >= 0.3 is 5.97 Å². The lowest BCUT2D eigenvalue weighted by Gasteiger charge is -2.41. The molecule has 0 unspecified atom stereocenters. The van der Waals surface area contributed by atoms with Crippen LogP contribution in [0.5, 0.6) is 5.75 Å². The quantitative estimate of drug-likeness (QED) is 0.792. The first-order valence-electron chi connectivity index (χ1n) is 8.89. The Balaban J connectivity index is 1.83. The number of para-hydroxylation sites is 1. The van der Waals surface area contributed by atoms with Crippen LogP contribution in [0.4, 0.5) is 0 Å². The summed E-state index contributed by atoms with van der Waals surface area (Å²) in [5.74, 6) is -0.347. The van der Waals surface area contributed by atoms with Gasteiger partial charge in [0.15, 0.2) is 0 Å². The summed E-state index contributed by atoms with van der Waals surface area (Å²) >= 11 is 0. The minimum Gasteiger partial charge on any atom is -0.493 e. The van der Waals surface area contributed by atoms with Gasteiger partial charge < -0.3 is 15.2 Å². The summed E-state index contributed by atoms with van der Waals surface area (Å²) in [6.07, 6.45) is 2.32. The van der Waals surface area contributed by atoms with Crippen molar-refractivity contribution in [1.29, 1.82) is 0 Å². The third kappa shape index (κ3) is 3.87. The van der Waals surface area contributed by atoms with E-state index >= 15 is 0 Å². The zero-order valence-corrected chi connectivity index (χ0v) is 14.8. The lowest BCUT2D eigenvalue weighted by molar-refractivity contribution is -0.139. The Kier molecular flexibility index (Phi) is 5.26. The van der Waals surface area contributed by atoms with Crippen molar-refractivity contribution in [3.05, 3.63) is 54.1 Å². The van der Waals surface area contributed by atoms with Crippen LogP contribution in [0.25, 0.3) is 11.1 Å². The minimum absolute atomic E-state index is 0.0361. The number of hydrogen-bond acceptors (Lipinski definition) is 3. The number of rotatable bonds is 7. The van der Waals surface area contributed by atoms with E-state index in [1.54, 1.807) is 6.07 Å². The van der Waals surface area contributed by atoms with E-state index in [1.807, 2.05) is 49.4 Å². The molecule has 1 aliphatic rings. The Morgan fingerprint density at radius 3 is 2.58 bits per heavy atom. The number of benzene rings is 2. The smallest absolute Gasteiger partial charge is 0.305 e. The molecular formula is C21H23NO4. The molecule has 0 heterocycles. The molecular weight excluding hydrogens is 330 g/mol. The van der Waals surface area contributed by atoms with Crippen LogP contribution < -0.4 is 10.1 Å². The van der Waals surface area contributed by atoms with Crippen LogP contribution in [0.1, 0.15) is 43.0 Å². The van der Waals surface area contributed by atoms with Gasteiger partial charge in [-0.2, -0.15) is 0 Å². The predicted octanol–water partition coefficient (Wildman–Crippen LogP) is 3.88. The molecule has 0 radical (unpaired) electrons. The number of carboxylic acids is 1. The number of carbonyl (C=O) groups excluding carboxylic acids is 1. The molecule has 2 aromatic carbocycles. The summed E-state index contributed by atoms with van der Waals surface area (Å²) < 4.78 is 5.68. The van der Waals surface area contributed by atoms with Crippen molar-refractivity contribution in [2.24, 2.45) is 0 Å². The van der Waals surface area contributed by atoms with Crippen molar-refractivity contribution < 1.29 is 19.4 Å². The zero-order valence-electron chi connectivity index (χ0n) is 14.8. The van der Waals surface area contributed by atoms with Gasteiger partial charge in [-0.1, -0.05) is 30.3 Å². The highest BCUT2D eigenvalue weighted by Crippen LogP contribution is 2.35. The summed E-state index contributed by atoms with van der Waals surface area (Å²) in [5.41, 5.74) is 1.73. The first-order chi connectivity index (χ1) is 12.5. The number of carbonyl (C=O) groups is 2. The Hall–Kier alpha value is -2.82.